The minimum Gasteiger partial charge on any atom is -0.478 e. The number of nitrogens with two attached hydrogens (primary N) is 1. The van der Waals surface area contributed by atoms with Crippen molar-refractivity contribution in [3.05, 3.63) is 46.8 Å². The Morgan fingerprint density at radius 1 is 1.25 bits per heavy atom. The van der Waals surface area contributed by atoms with E-state index in [1.165, 1.54) is 6.20 Å². The van der Waals surface area contributed by atoms with Crippen LogP contribution in [0.25, 0.3) is 11.0 Å². The number of pyridine rings is 2. The first-order chi connectivity index (χ1) is 15.3. The second-order valence-corrected chi connectivity index (χ2v) is 8.83. The number of amides is 2. The van der Waals surface area contributed by atoms with Crippen LogP contribution in [0, 0.1) is 5.92 Å². The van der Waals surface area contributed by atoms with Crippen molar-refractivity contribution in [3.8, 4) is 0 Å². The zero-order valence-electron chi connectivity index (χ0n) is 16.7. The van der Waals surface area contributed by atoms with Gasteiger partial charge in [-0.15, -0.1) is 0 Å². The Labute approximate surface area is 190 Å². The SMILES string of the molecule is Nc1c(C(=O)O)cnc2c1ccn2CC(=O)N1[C@@H]2C[C@@H]2C[C@H]1C(=O)Nc1cccc(Br)n1. The number of nitrogens with zero attached hydrogens (tertiary/aromatic N) is 4. The summed E-state index contributed by atoms with van der Waals surface area (Å²) in [7, 11) is 0. The van der Waals surface area contributed by atoms with E-state index in [0.717, 1.165) is 6.42 Å². The lowest BCUT2D eigenvalue weighted by Crippen LogP contribution is -2.46. The number of nitrogens with one attached hydrogen (secondary N) is 1. The molecule has 2 fully saturated rings. The van der Waals surface area contributed by atoms with Crippen molar-refractivity contribution in [2.45, 2.75) is 31.5 Å². The minimum absolute atomic E-state index is 0.0233. The number of carboxylic acids is 1. The number of hydrogen-bond acceptors (Lipinski definition) is 6. The van der Waals surface area contributed by atoms with E-state index in [9.17, 15) is 19.5 Å². The molecule has 2 aliphatic rings. The highest BCUT2D eigenvalue weighted by atomic mass is 79.9. The van der Waals surface area contributed by atoms with E-state index in [0.29, 0.717) is 33.8 Å². The molecule has 3 aromatic rings. The van der Waals surface area contributed by atoms with E-state index in [2.05, 4.69) is 31.2 Å². The van der Waals surface area contributed by atoms with Crippen molar-refractivity contribution in [2.24, 2.45) is 5.92 Å². The van der Waals surface area contributed by atoms with Gasteiger partial charge in [0.2, 0.25) is 11.8 Å². The number of carbonyl (C=O) groups excluding carboxylic acids is 2. The Bertz CT molecular complexity index is 1270. The predicted octanol–water partition coefficient (Wildman–Crippen LogP) is 2.10. The summed E-state index contributed by atoms with van der Waals surface area (Å²) in [5.41, 5.74) is 6.42. The number of piperidine rings is 1. The molecule has 4 heterocycles. The van der Waals surface area contributed by atoms with Crippen LogP contribution in [0.2, 0.25) is 0 Å². The lowest BCUT2D eigenvalue weighted by molar-refractivity contribution is -0.138. The maximum Gasteiger partial charge on any atom is 0.339 e. The number of fused-ring (bicyclic) bond motifs is 2. The first-order valence-corrected chi connectivity index (χ1v) is 10.8. The fraction of sp³-hybridized carbons (Fsp3) is 0.286. The zero-order valence-corrected chi connectivity index (χ0v) is 18.3. The summed E-state index contributed by atoms with van der Waals surface area (Å²) in [5.74, 6) is -0.869. The van der Waals surface area contributed by atoms with Gasteiger partial charge in [0.25, 0.3) is 0 Å². The summed E-state index contributed by atoms with van der Waals surface area (Å²) < 4.78 is 2.23. The zero-order chi connectivity index (χ0) is 22.6. The van der Waals surface area contributed by atoms with Gasteiger partial charge >= 0.3 is 5.97 Å². The minimum atomic E-state index is -1.16. The normalized spacial score (nSPS) is 21.4. The first kappa shape index (κ1) is 20.4. The number of likely N-dealkylation sites (tertiary alicyclic amines) is 1. The number of hydrogen-bond donors (Lipinski definition) is 3. The molecule has 4 N–H and O–H groups in total. The number of aromatic carboxylic acids is 1. The molecule has 3 aromatic heterocycles. The summed E-state index contributed by atoms with van der Waals surface area (Å²) in [6.45, 7) is -0.0233. The predicted molar refractivity (Wildman–Crippen MR) is 119 cm³/mol. The van der Waals surface area contributed by atoms with Crippen LogP contribution >= 0.6 is 15.9 Å². The van der Waals surface area contributed by atoms with E-state index in [4.69, 9.17) is 5.73 Å². The molecular weight excluding hydrogens is 480 g/mol. The van der Waals surface area contributed by atoms with Crippen LogP contribution in [-0.2, 0) is 16.1 Å². The van der Waals surface area contributed by atoms with Gasteiger partial charge in [0.05, 0.1) is 5.69 Å². The molecule has 0 aromatic carbocycles. The quantitative estimate of drug-likeness (QED) is 0.456. The molecule has 0 bridgehead atoms. The summed E-state index contributed by atoms with van der Waals surface area (Å²) >= 11 is 3.28. The fourth-order valence-corrected chi connectivity index (χ4v) is 4.76. The molecule has 32 heavy (non-hydrogen) atoms. The topological polar surface area (TPSA) is 143 Å². The molecule has 164 valence electrons. The van der Waals surface area contributed by atoms with Crippen molar-refractivity contribution >= 4 is 56.3 Å². The maximum absolute atomic E-state index is 13.2. The molecule has 1 saturated heterocycles. The summed E-state index contributed by atoms with van der Waals surface area (Å²) in [6, 6.07) is 6.37. The van der Waals surface area contributed by atoms with E-state index in [1.807, 2.05) is 0 Å². The average Bonchev–Trinajstić information content (AvgIpc) is 3.21. The molecule has 1 aliphatic heterocycles. The fourth-order valence-electron chi connectivity index (χ4n) is 4.42. The van der Waals surface area contributed by atoms with Gasteiger partial charge in [-0.25, -0.2) is 14.8 Å². The number of carboxylic acid groups (broad SMARTS) is 1. The standard InChI is InChI=1S/C21H19BrN6O4/c22-15-2-1-3-16(25-15)26-20(30)14-7-10-6-13(10)28(14)17(29)9-27-5-4-11-18(23)12(21(31)32)8-24-19(11)27/h1-5,8,10,13-14H,6-7,9H2,(H2,23,24)(H,31,32)(H,25,26,30)/t10-,13-,14+/m1/s1. The third-order valence-electron chi connectivity index (χ3n) is 6.03. The van der Waals surface area contributed by atoms with E-state index < -0.39 is 12.0 Å². The number of nitrogen functional groups attached to an aromatic ring is 1. The second-order valence-electron chi connectivity index (χ2n) is 8.02. The molecule has 11 heteroatoms. The number of carbonyl (C=O) groups is 3. The number of aromatic nitrogens is 3. The van der Waals surface area contributed by atoms with Gasteiger partial charge in [0.1, 0.15) is 34.2 Å². The van der Waals surface area contributed by atoms with Crippen molar-refractivity contribution < 1.29 is 19.5 Å². The van der Waals surface area contributed by atoms with Gasteiger partial charge in [0.15, 0.2) is 0 Å². The van der Waals surface area contributed by atoms with E-state index >= 15 is 0 Å². The highest BCUT2D eigenvalue weighted by Gasteiger charge is 2.56. The summed E-state index contributed by atoms with van der Waals surface area (Å²) in [6.07, 6.45) is 4.35. The van der Waals surface area contributed by atoms with Gasteiger partial charge in [0, 0.05) is 23.8 Å². The van der Waals surface area contributed by atoms with Gasteiger partial charge in [-0.3, -0.25) is 9.59 Å². The molecule has 10 nitrogen and oxygen atoms in total. The smallest absolute Gasteiger partial charge is 0.339 e. The first-order valence-electron chi connectivity index (χ1n) is 10.0. The molecule has 1 aliphatic carbocycles. The van der Waals surface area contributed by atoms with Crippen molar-refractivity contribution in [2.75, 3.05) is 11.1 Å². The van der Waals surface area contributed by atoms with E-state index in [-0.39, 0.29) is 35.7 Å². The van der Waals surface area contributed by atoms with Crippen LogP contribution in [0.5, 0.6) is 0 Å². The maximum atomic E-state index is 13.2. The Balaban J connectivity index is 1.36. The molecule has 1 saturated carbocycles. The van der Waals surface area contributed by atoms with Crippen LogP contribution in [0.1, 0.15) is 23.2 Å². The van der Waals surface area contributed by atoms with Crippen LogP contribution in [0.15, 0.2) is 41.3 Å². The van der Waals surface area contributed by atoms with Crippen LogP contribution in [0.4, 0.5) is 11.5 Å². The Hall–Kier alpha value is -3.47. The monoisotopic (exact) mass is 498 g/mol. The Morgan fingerprint density at radius 3 is 2.81 bits per heavy atom. The van der Waals surface area contributed by atoms with Crippen molar-refractivity contribution in [1.82, 2.24) is 19.4 Å². The summed E-state index contributed by atoms with van der Waals surface area (Å²) in [4.78, 5) is 47.5. The van der Waals surface area contributed by atoms with Gasteiger partial charge in [-0.05, 0) is 52.9 Å². The van der Waals surface area contributed by atoms with Crippen molar-refractivity contribution in [1.29, 1.82) is 0 Å². The second kappa shape index (κ2) is 7.59. The van der Waals surface area contributed by atoms with Gasteiger partial charge in [-0.2, -0.15) is 0 Å². The molecule has 0 radical (unpaired) electrons. The average molecular weight is 499 g/mol. The Kier molecular flexibility index (Phi) is 4.85. The van der Waals surface area contributed by atoms with Crippen LogP contribution in [0.3, 0.4) is 0 Å². The molecule has 2 amide bonds. The number of anilines is 2. The largest absolute Gasteiger partial charge is 0.478 e. The van der Waals surface area contributed by atoms with E-state index in [1.54, 1.807) is 39.9 Å². The molecule has 0 unspecified atom stereocenters. The molecule has 0 spiro atoms. The van der Waals surface area contributed by atoms with Gasteiger partial charge in [-0.1, -0.05) is 6.07 Å². The lowest BCUT2D eigenvalue weighted by Gasteiger charge is -2.27. The highest BCUT2D eigenvalue weighted by molar-refractivity contribution is 9.10. The van der Waals surface area contributed by atoms with Crippen LogP contribution in [-0.4, -0.2) is 54.4 Å². The number of halogens is 1. The number of rotatable bonds is 5. The van der Waals surface area contributed by atoms with Gasteiger partial charge < -0.3 is 25.6 Å². The molecule has 3 atom stereocenters. The van der Waals surface area contributed by atoms with Crippen molar-refractivity contribution in [3.63, 3.8) is 0 Å². The molecule has 5 rings (SSSR count). The lowest BCUT2D eigenvalue weighted by atomic mass is 10.1. The van der Waals surface area contributed by atoms with Crippen LogP contribution < -0.4 is 11.1 Å². The molecular formula is C21H19BrN6O4. The third-order valence-corrected chi connectivity index (χ3v) is 6.47. The third kappa shape index (κ3) is 3.48. The Morgan fingerprint density at radius 2 is 2.06 bits per heavy atom. The summed E-state index contributed by atoms with van der Waals surface area (Å²) in [5, 5.41) is 12.5. The highest BCUT2D eigenvalue weighted by Crippen LogP contribution is 2.48.